The van der Waals surface area contributed by atoms with Crippen molar-refractivity contribution in [3.05, 3.63) is 78.4 Å². The van der Waals surface area contributed by atoms with Gasteiger partial charge in [0.05, 0.1) is 13.2 Å². The van der Waals surface area contributed by atoms with Gasteiger partial charge < -0.3 is 15.0 Å². The SMILES string of the molecule is O=C(Nc1ccc2ccccc2c1)N1CCOC(c2ccccc2)C1. The molecular weight excluding hydrogens is 312 g/mol. The Morgan fingerprint density at radius 2 is 1.72 bits per heavy atom. The number of urea groups is 1. The molecule has 4 nitrogen and oxygen atoms in total. The second-order valence-electron chi connectivity index (χ2n) is 6.21. The number of amides is 2. The molecule has 1 fully saturated rings. The van der Waals surface area contributed by atoms with Crippen LogP contribution in [-0.2, 0) is 4.74 Å². The first kappa shape index (κ1) is 15.7. The third-order valence-corrected chi connectivity index (χ3v) is 4.53. The molecule has 0 aliphatic carbocycles. The van der Waals surface area contributed by atoms with Gasteiger partial charge in [-0.25, -0.2) is 4.79 Å². The molecule has 3 aromatic rings. The summed E-state index contributed by atoms with van der Waals surface area (Å²) in [6.07, 6.45) is -0.0719. The minimum Gasteiger partial charge on any atom is -0.370 e. The molecular formula is C21H20N2O2. The van der Waals surface area contributed by atoms with Crippen LogP contribution in [0.1, 0.15) is 11.7 Å². The number of morpholine rings is 1. The van der Waals surface area contributed by atoms with Crippen molar-refractivity contribution in [2.24, 2.45) is 0 Å². The van der Waals surface area contributed by atoms with Gasteiger partial charge in [-0.2, -0.15) is 0 Å². The van der Waals surface area contributed by atoms with Crippen molar-refractivity contribution in [3.8, 4) is 0 Å². The number of hydrogen-bond donors (Lipinski definition) is 1. The molecule has 0 spiro atoms. The van der Waals surface area contributed by atoms with Crippen molar-refractivity contribution in [1.82, 2.24) is 4.90 Å². The van der Waals surface area contributed by atoms with Gasteiger partial charge in [-0.05, 0) is 28.5 Å². The first-order valence-electron chi connectivity index (χ1n) is 8.51. The van der Waals surface area contributed by atoms with E-state index in [2.05, 4.69) is 11.4 Å². The molecule has 1 atom stereocenters. The van der Waals surface area contributed by atoms with E-state index >= 15 is 0 Å². The maximum atomic E-state index is 12.6. The summed E-state index contributed by atoms with van der Waals surface area (Å²) in [5, 5.41) is 5.29. The van der Waals surface area contributed by atoms with Crippen LogP contribution in [0.4, 0.5) is 10.5 Å². The zero-order valence-corrected chi connectivity index (χ0v) is 13.9. The first-order valence-corrected chi connectivity index (χ1v) is 8.51. The van der Waals surface area contributed by atoms with Gasteiger partial charge in [-0.15, -0.1) is 0 Å². The second kappa shape index (κ2) is 6.95. The number of fused-ring (bicyclic) bond motifs is 1. The average molecular weight is 332 g/mol. The molecule has 4 heteroatoms. The van der Waals surface area contributed by atoms with Gasteiger partial charge in [-0.1, -0.05) is 60.7 Å². The Morgan fingerprint density at radius 1 is 0.960 bits per heavy atom. The molecule has 1 aliphatic rings. The summed E-state index contributed by atoms with van der Waals surface area (Å²) in [6, 6.07) is 24.0. The highest BCUT2D eigenvalue weighted by Gasteiger charge is 2.25. The van der Waals surface area contributed by atoms with E-state index in [-0.39, 0.29) is 12.1 Å². The lowest BCUT2D eigenvalue weighted by Gasteiger charge is -2.33. The standard InChI is InChI=1S/C21H20N2O2/c24-21(22-19-11-10-16-6-4-5-9-18(16)14-19)23-12-13-25-20(15-23)17-7-2-1-3-8-17/h1-11,14,20H,12-13,15H2,(H,22,24). The lowest BCUT2D eigenvalue weighted by molar-refractivity contribution is -0.0135. The summed E-state index contributed by atoms with van der Waals surface area (Å²) in [6.45, 7) is 1.71. The minimum absolute atomic E-state index is 0.0719. The Balaban J connectivity index is 1.46. The van der Waals surface area contributed by atoms with Gasteiger partial charge in [0.1, 0.15) is 6.10 Å². The van der Waals surface area contributed by atoms with Crippen LogP contribution in [0.5, 0.6) is 0 Å². The van der Waals surface area contributed by atoms with E-state index in [0.717, 1.165) is 22.0 Å². The molecule has 1 unspecified atom stereocenters. The van der Waals surface area contributed by atoms with Crippen molar-refractivity contribution in [1.29, 1.82) is 0 Å². The van der Waals surface area contributed by atoms with Gasteiger partial charge in [-0.3, -0.25) is 0 Å². The molecule has 2 amide bonds. The van der Waals surface area contributed by atoms with E-state index < -0.39 is 0 Å². The van der Waals surface area contributed by atoms with Crippen molar-refractivity contribution < 1.29 is 9.53 Å². The van der Waals surface area contributed by atoms with Crippen molar-refractivity contribution in [2.45, 2.75) is 6.10 Å². The second-order valence-corrected chi connectivity index (χ2v) is 6.21. The van der Waals surface area contributed by atoms with Gasteiger partial charge in [0.25, 0.3) is 0 Å². The van der Waals surface area contributed by atoms with Crippen molar-refractivity contribution >= 4 is 22.5 Å². The van der Waals surface area contributed by atoms with E-state index in [1.54, 1.807) is 0 Å². The Kier molecular flexibility index (Phi) is 4.36. The first-order chi connectivity index (χ1) is 12.3. The molecule has 1 aliphatic heterocycles. The van der Waals surface area contributed by atoms with Gasteiger partial charge in [0.2, 0.25) is 0 Å². The number of anilines is 1. The zero-order valence-electron chi connectivity index (χ0n) is 13.9. The van der Waals surface area contributed by atoms with Crippen molar-refractivity contribution in [3.63, 3.8) is 0 Å². The highest BCUT2D eigenvalue weighted by atomic mass is 16.5. The average Bonchev–Trinajstić information content (AvgIpc) is 2.69. The number of hydrogen-bond acceptors (Lipinski definition) is 2. The summed E-state index contributed by atoms with van der Waals surface area (Å²) in [7, 11) is 0. The monoisotopic (exact) mass is 332 g/mol. The number of carbonyl (C=O) groups is 1. The van der Waals surface area contributed by atoms with Crippen LogP contribution < -0.4 is 5.32 Å². The number of carbonyl (C=O) groups excluding carboxylic acids is 1. The highest BCUT2D eigenvalue weighted by molar-refractivity contribution is 5.93. The molecule has 0 aromatic heterocycles. The number of rotatable bonds is 2. The third kappa shape index (κ3) is 3.49. The number of benzene rings is 3. The molecule has 0 saturated carbocycles. The van der Waals surface area contributed by atoms with Crippen molar-refractivity contribution in [2.75, 3.05) is 25.0 Å². The molecule has 4 rings (SSSR count). The summed E-state index contributed by atoms with van der Waals surface area (Å²) in [4.78, 5) is 14.5. The fourth-order valence-electron chi connectivity index (χ4n) is 3.17. The minimum atomic E-state index is -0.0838. The lowest BCUT2D eigenvalue weighted by Crippen LogP contribution is -2.44. The highest BCUT2D eigenvalue weighted by Crippen LogP contribution is 2.23. The number of nitrogens with zero attached hydrogens (tertiary/aromatic N) is 1. The number of nitrogens with one attached hydrogen (secondary N) is 1. The predicted octanol–water partition coefficient (Wildman–Crippen LogP) is 4.45. The molecule has 3 aromatic carbocycles. The largest absolute Gasteiger partial charge is 0.370 e. The smallest absolute Gasteiger partial charge is 0.322 e. The van der Waals surface area contributed by atoms with E-state index in [0.29, 0.717) is 19.7 Å². The topological polar surface area (TPSA) is 41.6 Å². The van der Waals surface area contributed by atoms with E-state index in [9.17, 15) is 4.79 Å². The van der Waals surface area contributed by atoms with Gasteiger partial charge in [0.15, 0.2) is 0 Å². The normalized spacial score (nSPS) is 17.4. The van der Waals surface area contributed by atoms with E-state index in [1.165, 1.54) is 0 Å². The maximum Gasteiger partial charge on any atom is 0.322 e. The third-order valence-electron chi connectivity index (χ3n) is 4.53. The summed E-state index contributed by atoms with van der Waals surface area (Å²) in [5.41, 5.74) is 1.91. The Labute approximate surface area is 147 Å². The van der Waals surface area contributed by atoms with Gasteiger partial charge in [0, 0.05) is 12.2 Å². The molecule has 1 N–H and O–H groups in total. The summed E-state index contributed by atoms with van der Waals surface area (Å²) < 4.78 is 5.83. The molecule has 1 heterocycles. The maximum absolute atomic E-state index is 12.6. The molecule has 25 heavy (non-hydrogen) atoms. The summed E-state index contributed by atoms with van der Waals surface area (Å²) >= 11 is 0. The van der Waals surface area contributed by atoms with Crippen LogP contribution in [0.2, 0.25) is 0 Å². The predicted molar refractivity (Wildman–Crippen MR) is 99.7 cm³/mol. The Hall–Kier alpha value is -2.85. The molecule has 126 valence electrons. The fourth-order valence-corrected chi connectivity index (χ4v) is 3.17. The van der Waals surface area contributed by atoms with Crippen LogP contribution in [-0.4, -0.2) is 30.6 Å². The van der Waals surface area contributed by atoms with Crippen LogP contribution in [0.25, 0.3) is 10.8 Å². The summed E-state index contributed by atoms with van der Waals surface area (Å²) in [5.74, 6) is 0. The quantitative estimate of drug-likeness (QED) is 0.753. The molecule has 0 bridgehead atoms. The van der Waals surface area contributed by atoms with Crippen LogP contribution in [0.15, 0.2) is 72.8 Å². The molecule has 0 radical (unpaired) electrons. The van der Waals surface area contributed by atoms with E-state index in [4.69, 9.17) is 4.74 Å². The Morgan fingerprint density at radius 3 is 2.56 bits per heavy atom. The fraction of sp³-hybridized carbons (Fsp3) is 0.190. The van der Waals surface area contributed by atoms with Crippen LogP contribution >= 0.6 is 0 Å². The zero-order chi connectivity index (χ0) is 17.1. The molecule has 1 saturated heterocycles. The van der Waals surface area contributed by atoms with Crippen LogP contribution in [0.3, 0.4) is 0 Å². The van der Waals surface area contributed by atoms with E-state index in [1.807, 2.05) is 71.6 Å². The lowest BCUT2D eigenvalue weighted by atomic mass is 10.1. The van der Waals surface area contributed by atoms with Crippen LogP contribution in [0, 0.1) is 0 Å². The number of ether oxygens (including phenoxy) is 1. The Bertz CT molecular complexity index is 879. The van der Waals surface area contributed by atoms with Gasteiger partial charge >= 0.3 is 6.03 Å².